The fourth-order valence-corrected chi connectivity index (χ4v) is 1.79. The molecule has 0 aromatic carbocycles. The van der Waals surface area contributed by atoms with Gasteiger partial charge in [-0.15, -0.1) is 0 Å². The molecule has 28 heavy (non-hydrogen) atoms. The van der Waals surface area contributed by atoms with E-state index in [2.05, 4.69) is 80.7 Å². The van der Waals surface area contributed by atoms with Gasteiger partial charge in [-0.3, -0.25) is 8.37 Å². The van der Waals surface area contributed by atoms with Crippen molar-refractivity contribution in [2.45, 2.75) is 13.8 Å². The second kappa shape index (κ2) is 18.0. The summed E-state index contributed by atoms with van der Waals surface area (Å²) < 4.78 is 45.4. The van der Waals surface area contributed by atoms with Crippen molar-refractivity contribution in [1.82, 2.24) is 19.6 Å². The number of rotatable bonds is 4. The molecule has 0 saturated carbocycles. The molecule has 0 saturated heterocycles. The molecule has 2 aliphatic rings. The number of nitrogens with zero attached hydrogens (tertiary/aromatic N) is 4. The first-order valence-corrected chi connectivity index (χ1v) is 10.9. The van der Waals surface area contributed by atoms with Crippen LogP contribution in [0.5, 0.6) is 0 Å². The number of halogens is 1. The second-order valence-corrected chi connectivity index (χ2v) is 7.93. The summed E-state index contributed by atoms with van der Waals surface area (Å²) in [5, 5.41) is 0. The average Bonchev–Trinajstić information content (AvgIpc) is 3.21. The van der Waals surface area contributed by atoms with Crippen molar-refractivity contribution in [3.63, 3.8) is 0 Å². The summed E-state index contributed by atoms with van der Waals surface area (Å²) >= 11 is -1.53. The molecule has 2 heterocycles. The quantitative estimate of drug-likeness (QED) is 0.411. The Hall–Kier alpha value is -1.05. The zero-order valence-corrected chi connectivity index (χ0v) is 20.0. The maximum absolute atomic E-state index is 9.85. The van der Waals surface area contributed by atoms with Gasteiger partial charge in [0.15, 0.2) is 0 Å². The third-order valence-electron chi connectivity index (χ3n) is 2.96. The summed E-state index contributed by atoms with van der Waals surface area (Å²) in [5.74, 6) is 0. The zero-order chi connectivity index (χ0) is 21.5. The summed E-state index contributed by atoms with van der Waals surface area (Å²) in [5.41, 5.74) is 0. The van der Waals surface area contributed by atoms with E-state index in [0.717, 1.165) is 26.4 Å². The lowest BCUT2D eigenvalue weighted by Crippen LogP contribution is -3.00. The maximum Gasteiger partial charge on any atom is 0.304 e. The third-order valence-corrected chi connectivity index (χ3v) is 3.50. The molecule has 0 aromatic heterocycles. The Morgan fingerprint density at radius 1 is 0.929 bits per heavy atom. The highest BCUT2D eigenvalue weighted by Crippen LogP contribution is 2.01. The average molecular weight is 465 g/mol. The van der Waals surface area contributed by atoms with Crippen LogP contribution in [0.1, 0.15) is 13.8 Å². The predicted octanol–water partition coefficient (Wildman–Crippen LogP) is -2.61. The van der Waals surface area contributed by atoms with Crippen LogP contribution in [-0.2, 0) is 29.8 Å². The van der Waals surface area contributed by atoms with Gasteiger partial charge in [-0.1, -0.05) is 0 Å². The van der Waals surface area contributed by atoms with Gasteiger partial charge in [0.1, 0.15) is 0 Å². The monoisotopic (exact) mass is 464 g/mol. The first kappa shape index (κ1) is 31.6. The molecule has 0 fully saturated rings. The van der Waals surface area contributed by atoms with Gasteiger partial charge < -0.3 is 36.6 Å². The Kier molecular flexibility index (Phi) is 20.3. The predicted molar refractivity (Wildman–Crippen MR) is 106 cm³/mol. The summed E-state index contributed by atoms with van der Waals surface area (Å²) in [4.78, 5) is 8.81. The van der Waals surface area contributed by atoms with Crippen molar-refractivity contribution in [3.8, 4) is 0 Å². The van der Waals surface area contributed by atoms with E-state index < -0.39 is 21.5 Å². The Balaban J connectivity index is -0.000000300. The Morgan fingerprint density at radius 2 is 1.21 bits per heavy atom. The Morgan fingerprint density at radius 3 is 1.29 bits per heavy atom. The molecule has 0 atom stereocenters. The molecule has 0 N–H and O–H groups in total. The van der Waals surface area contributed by atoms with E-state index in [1.807, 2.05) is 0 Å². The van der Waals surface area contributed by atoms with Crippen LogP contribution in [0, 0.1) is 0 Å². The molecule has 0 aromatic rings. The van der Waals surface area contributed by atoms with E-state index >= 15 is 0 Å². The van der Waals surface area contributed by atoms with Crippen LogP contribution in [-0.4, -0.2) is 97.8 Å². The molecule has 2 rings (SSSR count). The van der Waals surface area contributed by atoms with Gasteiger partial charge in [-0.2, -0.15) is 4.21 Å². The summed E-state index contributed by atoms with van der Waals surface area (Å²) in [7, 11) is 2.84. The minimum atomic E-state index is -3.92. The van der Waals surface area contributed by atoms with Crippen LogP contribution in [0.3, 0.4) is 0 Å². The molecule has 2 aliphatic heterocycles. The minimum absolute atomic E-state index is 0. The first-order chi connectivity index (χ1) is 12.5. The molecule has 10 nitrogen and oxygen atoms in total. The molecular weight excluding hydrogens is 432 g/mol. The number of hydrogen-bond donors (Lipinski definition) is 0. The Bertz CT molecular complexity index is 523. The van der Waals surface area contributed by atoms with Crippen molar-refractivity contribution in [1.29, 1.82) is 0 Å². The lowest BCUT2D eigenvalue weighted by atomic mass is 10.6. The van der Waals surface area contributed by atoms with E-state index in [1.54, 1.807) is 0 Å². The normalized spacial score (nSPS) is 14.6. The summed E-state index contributed by atoms with van der Waals surface area (Å²) in [6, 6.07) is 0. The molecule has 0 aliphatic carbocycles. The van der Waals surface area contributed by atoms with Gasteiger partial charge >= 0.3 is 11.4 Å². The topological polar surface area (TPSA) is 106 Å². The lowest BCUT2D eigenvalue weighted by Gasteiger charge is -2.14. The standard InChI is InChI=1S/2C6H12N2.C2H6O3S.CH4O3S.ClH/c2*1-3-8-5-4-7(2)6-8;1-4-6(3)5-2;1-5(2,3)4;/h2*4-5H,3,6H2,1-2H3;1-2H3;1H3,(H,2,3,4);1H/p-2. The minimum Gasteiger partial charge on any atom is -1.00 e. The zero-order valence-electron chi connectivity index (χ0n) is 17.6. The van der Waals surface area contributed by atoms with E-state index in [-0.39, 0.29) is 12.4 Å². The van der Waals surface area contributed by atoms with E-state index in [4.69, 9.17) is 13.0 Å². The summed E-state index contributed by atoms with van der Waals surface area (Å²) in [6.07, 6.45) is 9.00. The van der Waals surface area contributed by atoms with Crippen LogP contribution in [0.15, 0.2) is 24.8 Å². The van der Waals surface area contributed by atoms with Gasteiger partial charge in [0.2, 0.25) is 0 Å². The van der Waals surface area contributed by atoms with Gasteiger partial charge in [0, 0.05) is 58.2 Å². The van der Waals surface area contributed by atoms with Crippen LogP contribution < -0.4 is 12.4 Å². The number of hydrogen-bond acceptors (Lipinski definition) is 10. The van der Waals surface area contributed by atoms with Gasteiger partial charge in [0.25, 0.3) is 0 Å². The van der Waals surface area contributed by atoms with Gasteiger partial charge in [-0.05, 0) is 13.8 Å². The smallest absolute Gasteiger partial charge is 0.304 e. The van der Waals surface area contributed by atoms with Gasteiger partial charge in [0.05, 0.1) is 37.7 Å². The van der Waals surface area contributed by atoms with Crippen LogP contribution >= 0.6 is 0 Å². The largest absolute Gasteiger partial charge is 1.00 e. The molecule has 0 amide bonds. The maximum atomic E-state index is 9.85. The first-order valence-electron chi connectivity index (χ1n) is 8.13. The van der Waals surface area contributed by atoms with Crippen molar-refractivity contribution in [3.05, 3.63) is 24.8 Å². The lowest BCUT2D eigenvalue weighted by molar-refractivity contribution is -0.0000129. The highest BCUT2D eigenvalue weighted by molar-refractivity contribution is 7.84. The van der Waals surface area contributed by atoms with Crippen LogP contribution in [0.25, 0.3) is 0 Å². The molecule has 0 unspecified atom stereocenters. The van der Waals surface area contributed by atoms with E-state index in [9.17, 15) is 4.21 Å². The third kappa shape index (κ3) is 23.0. The molecule has 0 spiro atoms. The van der Waals surface area contributed by atoms with E-state index in [0.29, 0.717) is 6.26 Å². The SMILES string of the molecule is CCN1C=CN(C)C1.CCN1C=CN(C)C1.COS(=O)OC.CS(=O)(=O)[O-].[Cl-]. The molecule has 170 valence electrons. The van der Waals surface area contributed by atoms with Crippen molar-refractivity contribution in [2.75, 3.05) is 61.0 Å². The second-order valence-electron chi connectivity index (χ2n) is 5.44. The highest BCUT2D eigenvalue weighted by atomic mass is 35.5. The molecule has 13 heteroatoms. The van der Waals surface area contributed by atoms with Gasteiger partial charge in [-0.25, -0.2) is 8.42 Å². The van der Waals surface area contributed by atoms with Crippen molar-refractivity contribution >= 4 is 21.5 Å². The van der Waals surface area contributed by atoms with Crippen molar-refractivity contribution < 1.29 is 38.0 Å². The van der Waals surface area contributed by atoms with Crippen LogP contribution in [0.4, 0.5) is 0 Å². The highest BCUT2D eigenvalue weighted by Gasteiger charge is 2.04. The molecular formula is C15H33ClN4O6S2-2. The Labute approximate surface area is 178 Å². The fraction of sp³-hybridized carbons (Fsp3) is 0.733. The van der Waals surface area contributed by atoms with Crippen molar-refractivity contribution in [2.24, 2.45) is 0 Å². The van der Waals surface area contributed by atoms with E-state index in [1.165, 1.54) is 14.2 Å². The molecule has 0 radical (unpaired) electrons. The fourth-order valence-electron chi connectivity index (χ4n) is 1.66. The van der Waals surface area contributed by atoms with Crippen LogP contribution in [0.2, 0.25) is 0 Å². The molecule has 0 bridgehead atoms. The summed E-state index contributed by atoms with van der Waals surface area (Å²) in [6.45, 7) is 8.64.